The molecule has 4 nitrogen and oxygen atoms in total. The Morgan fingerprint density at radius 3 is 2.78 bits per heavy atom. The fraction of sp³-hybridized carbons (Fsp3) is 0.500. The van der Waals surface area contributed by atoms with Crippen molar-refractivity contribution in [2.45, 2.75) is 33.2 Å². The number of hydrogen-bond donors (Lipinski definition) is 0. The predicted molar refractivity (Wildman–Crippen MR) is 67.3 cm³/mol. The first kappa shape index (κ1) is 12.6. The number of hydrogen-bond acceptors (Lipinski definition) is 3. The Morgan fingerprint density at radius 1 is 1.56 bits per heavy atom. The number of aryl methyl sites for hydroxylation is 1. The minimum atomic E-state index is -0.736. The van der Waals surface area contributed by atoms with Crippen molar-refractivity contribution in [2.24, 2.45) is 5.41 Å². The highest BCUT2D eigenvalue weighted by Gasteiger charge is 2.52. The number of nitrogens with zero attached hydrogens (tertiary/aromatic N) is 3. The maximum atomic E-state index is 12.3. The van der Waals surface area contributed by atoms with Gasteiger partial charge in [0.05, 0.1) is 18.3 Å². The van der Waals surface area contributed by atoms with Gasteiger partial charge in [-0.15, -0.1) is 0 Å². The minimum Gasteiger partial charge on any atom is -0.336 e. The van der Waals surface area contributed by atoms with E-state index in [1.165, 1.54) is 0 Å². The number of carbonyl (C=O) groups excluding carboxylic acids is 1. The number of amides is 1. The second kappa shape index (κ2) is 4.77. The van der Waals surface area contributed by atoms with Crippen LogP contribution in [-0.4, -0.2) is 22.3 Å². The van der Waals surface area contributed by atoms with Crippen molar-refractivity contribution in [2.75, 3.05) is 6.54 Å². The summed E-state index contributed by atoms with van der Waals surface area (Å²) in [5.41, 5.74) is 1.08. The molecule has 4 heteroatoms. The van der Waals surface area contributed by atoms with Crippen LogP contribution < -0.4 is 0 Å². The Labute approximate surface area is 107 Å². The lowest BCUT2D eigenvalue weighted by Crippen LogP contribution is -2.36. The SMILES string of the molecule is CCN(Cc1cccc(C)n1)C(=O)C1(C#N)CC1. The van der Waals surface area contributed by atoms with Crippen LogP contribution in [0, 0.1) is 23.7 Å². The predicted octanol–water partition coefficient (Wildman–Crippen LogP) is 2.04. The number of rotatable bonds is 4. The zero-order chi connectivity index (χ0) is 13.2. The molecule has 0 saturated heterocycles. The molecule has 0 spiro atoms. The van der Waals surface area contributed by atoms with Gasteiger partial charge in [0, 0.05) is 12.2 Å². The Kier molecular flexibility index (Phi) is 3.33. The van der Waals surface area contributed by atoms with Crippen molar-refractivity contribution in [3.8, 4) is 6.07 Å². The number of pyridine rings is 1. The lowest BCUT2D eigenvalue weighted by molar-refractivity contribution is -0.135. The van der Waals surface area contributed by atoms with E-state index in [2.05, 4.69) is 11.1 Å². The topological polar surface area (TPSA) is 57.0 Å². The van der Waals surface area contributed by atoms with E-state index in [9.17, 15) is 4.79 Å². The monoisotopic (exact) mass is 243 g/mol. The summed E-state index contributed by atoms with van der Waals surface area (Å²) in [6.45, 7) is 4.96. The summed E-state index contributed by atoms with van der Waals surface area (Å²) in [7, 11) is 0. The molecule has 1 amide bonds. The first-order chi connectivity index (χ1) is 8.61. The fourth-order valence-electron chi connectivity index (χ4n) is 2.01. The second-order valence-corrected chi connectivity index (χ2v) is 4.78. The first-order valence-corrected chi connectivity index (χ1v) is 6.24. The smallest absolute Gasteiger partial charge is 0.243 e. The van der Waals surface area contributed by atoms with Gasteiger partial charge in [0.25, 0.3) is 0 Å². The Bertz CT molecular complexity index is 500. The molecule has 1 fully saturated rings. The molecule has 0 aliphatic heterocycles. The summed E-state index contributed by atoms with van der Waals surface area (Å²) in [6, 6.07) is 7.93. The minimum absolute atomic E-state index is 0.0455. The Morgan fingerprint density at radius 2 is 2.28 bits per heavy atom. The van der Waals surface area contributed by atoms with Crippen molar-refractivity contribution >= 4 is 5.91 Å². The summed E-state index contributed by atoms with van der Waals surface area (Å²) < 4.78 is 0. The third-order valence-corrected chi connectivity index (χ3v) is 3.34. The van der Waals surface area contributed by atoms with Gasteiger partial charge in [0.1, 0.15) is 5.41 Å². The van der Waals surface area contributed by atoms with Crippen molar-refractivity contribution in [1.29, 1.82) is 5.26 Å². The summed E-state index contributed by atoms with van der Waals surface area (Å²) in [5.74, 6) is -0.0455. The van der Waals surface area contributed by atoms with Crippen LogP contribution in [0.1, 0.15) is 31.2 Å². The maximum Gasteiger partial charge on any atom is 0.243 e. The molecule has 0 atom stereocenters. The molecule has 94 valence electrons. The van der Waals surface area contributed by atoms with Gasteiger partial charge < -0.3 is 4.90 Å². The largest absolute Gasteiger partial charge is 0.336 e. The lowest BCUT2D eigenvalue weighted by Gasteiger charge is -2.22. The van der Waals surface area contributed by atoms with Gasteiger partial charge >= 0.3 is 0 Å². The highest BCUT2D eigenvalue weighted by Crippen LogP contribution is 2.46. The Balaban J connectivity index is 2.11. The van der Waals surface area contributed by atoms with E-state index in [4.69, 9.17) is 5.26 Å². The van der Waals surface area contributed by atoms with Crippen LogP contribution in [0.5, 0.6) is 0 Å². The van der Waals surface area contributed by atoms with Crippen molar-refractivity contribution in [3.63, 3.8) is 0 Å². The van der Waals surface area contributed by atoms with Crippen LogP contribution in [0.15, 0.2) is 18.2 Å². The molecule has 0 unspecified atom stereocenters. The summed E-state index contributed by atoms with van der Waals surface area (Å²) in [5, 5.41) is 9.07. The van der Waals surface area contributed by atoms with Gasteiger partial charge in [0.15, 0.2) is 0 Å². The molecule has 2 rings (SSSR count). The van der Waals surface area contributed by atoms with Gasteiger partial charge in [-0.1, -0.05) is 6.07 Å². The summed E-state index contributed by atoms with van der Waals surface area (Å²) >= 11 is 0. The molecular weight excluding hydrogens is 226 g/mol. The molecular formula is C14H17N3O. The number of aromatic nitrogens is 1. The molecule has 1 aromatic rings. The molecule has 1 aliphatic rings. The number of nitriles is 1. The van der Waals surface area contributed by atoms with Gasteiger partial charge in [-0.25, -0.2) is 0 Å². The summed E-state index contributed by atoms with van der Waals surface area (Å²) in [4.78, 5) is 18.4. The maximum absolute atomic E-state index is 12.3. The molecule has 1 aliphatic carbocycles. The highest BCUT2D eigenvalue weighted by molar-refractivity contribution is 5.88. The first-order valence-electron chi connectivity index (χ1n) is 6.24. The van der Waals surface area contributed by atoms with E-state index in [-0.39, 0.29) is 5.91 Å². The fourth-order valence-corrected chi connectivity index (χ4v) is 2.01. The molecule has 0 radical (unpaired) electrons. The highest BCUT2D eigenvalue weighted by atomic mass is 16.2. The third kappa shape index (κ3) is 2.35. The Hall–Kier alpha value is -1.89. The normalized spacial score (nSPS) is 15.8. The molecule has 1 heterocycles. The van der Waals surface area contributed by atoms with Crippen LogP contribution in [0.2, 0.25) is 0 Å². The number of carbonyl (C=O) groups is 1. The van der Waals surface area contributed by atoms with Crippen LogP contribution in [0.3, 0.4) is 0 Å². The molecule has 1 aromatic heterocycles. The van der Waals surface area contributed by atoms with Crippen LogP contribution in [-0.2, 0) is 11.3 Å². The molecule has 0 N–H and O–H groups in total. The average molecular weight is 243 g/mol. The summed E-state index contributed by atoms with van der Waals surface area (Å²) in [6.07, 6.45) is 1.39. The van der Waals surface area contributed by atoms with Crippen LogP contribution in [0.4, 0.5) is 0 Å². The molecule has 0 bridgehead atoms. The standard InChI is InChI=1S/C14H17N3O/c1-3-17(13(18)14(10-15)7-8-14)9-12-6-4-5-11(2)16-12/h4-6H,3,7-9H2,1-2H3. The quantitative estimate of drug-likeness (QED) is 0.813. The van der Waals surface area contributed by atoms with Gasteiger partial charge in [-0.2, -0.15) is 5.26 Å². The van der Waals surface area contributed by atoms with Gasteiger partial charge in [0.2, 0.25) is 5.91 Å². The van der Waals surface area contributed by atoms with E-state index < -0.39 is 5.41 Å². The van der Waals surface area contributed by atoms with Gasteiger partial charge in [-0.05, 0) is 38.8 Å². The van der Waals surface area contributed by atoms with E-state index in [0.29, 0.717) is 25.9 Å². The van der Waals surface area contributed by atoms with Crippen LogP contribution >= 0.6 is 0 Å². The van der Waals surface area contributed by atoms with E-state index in [1.54, 1.807) is 4.90 Å². The van der Waals surface area contributed by atoms with E-state index >= 15 is 0 Å². The van der Waals surface area contributed by atoms with E-state index in [1.807, 2.05) is 32.0 Å². The van der Waals surface area contributed by atoms with Crippen molar-refractivity contribution in [3.05, 3.63) is 29.6 Å². The average Bonchev–Trinajstić information content (AvgIpc) is 3.16. The molecule has 18 heavy (non-hydrogen) atoms. The zero-order valence-corrected chi connectivity index (χ0v) is 10.8. The van der Waals surface area contributed by atoms with E-state index in [0.717, 1.165) is 11.4 Å². The zero-order valence-electron chi connectivity index (χ0n) is 10.8. The van der Waals surface area contributed by atoms with Crippen molar-refractivity contribution in [1.82, 2.24) is 9.88 Å². The van der Waals surface area contributed by atoms with Crippen molar-refractivity contribution < 1.29 is 4.79 Å². The second-order valence-electron chi connectivity index (χ2n) is 4.78. The van der Waals surface area contributed by atoms with Gasteiger partial charge in [-0.3, -0.25) is 9.78 Å². The molecule has 1 saturated carbocycles. The van der Waals surface area contributed by atoms with Crippen LogP contribution in [0.25, 0.3) is 0 Å². The third-order valence-electron chi connectivity index (χ3n) is 3.34. The lowest BCUT2D eigenvalue weighted by atomic mass is 10.1. The molecule has 0 aromatic carbocycles.